The molecule has 1 aromatic heterocycles. The largest absolute Gasteiger partial charge is 0.476 e. The van der Waals surface area contributed by atoms with E-state index in [0.29, 0.717) is 23.8 Å². The molecule has 1 aliphatic rings. The maximum absolute atomic E-state index is 12.5. The first-order valence-corrected chi connectivity index (χ1v) is 10.6. The van der Waals surface area contributed by atoms with Crippen molar-refractivity contribution in [2.45, 2.75) is 38.7 Å². The molecule has 2 aromatic carbocycles. The van der Waals surface area contributed by atoms with Gasteiger partial charge in [0.2, 0.25) is 11.7 Å². The van der Waals surface area contributed by atoms with Crippen LogP contribution in [0.4, 0.5) is 11.4 Å². The van der Waals surface area contributed by atoms with Gasteiger partial charge in [0.25, 0.3) is 0 Å². The number of carbonyl (C=O) groups excluding carboxylic acids is 1. The standard InChI is InChI=1S/C23H26N6O2/c1-2-3-4-6-16-9-11-17(12-10-16)13-14-21(30)25-19-8-5-7-18-22(19)31-20(15-24-18)23-26-28-29-27-23/h5,7-14,20,24H,2-4,6,15H2,1H3,(H,25,30)(H,26,27,28,29). The Morgan fingerprint density at radius 3 is 2.87 bits per heavy atom. The Hall–Kier alpha value is -3.68. The first kappa shape index (κ1) is 20.6. The van der Waals surface area contributed by atoms with E-state index < -0.39 is 6.10 Å². The fourth-order valence-corrected chi connectivity index (χ4v) is 3.46. The van der Waals surface area contributed by atoms with E-state index in [-0.39, 0.29) is 5.91 Å². The average molecular weight is 419 g/mol. The summed E-state index contributed by atoms with van der Waals surface area (Å²) in [4.78, 5) is 12.5. The highest BCUT2D eigenvalue weighted by atomic mass is 16.5. The molecule has 0 saturated heterocycles. The van der Waals surface area contributed by atoms with Gasteiger partial charge in [-0.25, -0.2) is 0 Å². The summed E-state index contributed by atoms with van der Waals surface area (Å²) in [5.74, 6) is 0.782. The number of aromatic nitrogens is 4. The minimum Gasteiger partial charge on any atom is -0.476 e. The fourth-order valence-electron chi connectivity index (χ4n) is 3.46. The molecule has 1 aliphatic heterocycles. The number of unbranched alkanes of at least 4 members (excludes halogenated alkanes) is 2. The van der Waals surface area contributed by atoms with Crippen LogP contribution in [0.2, 0.25) is 0 Å². The Balaban J connectivity index is 1.39. The molecular weight excluding hydrogens is 392 g/mol. The van der Waals surface area contributed by atoms with Gasteiger partial charge in [0, 0.05) is 6.08 Å². The number of ether oxygens (including phenoxy) is 1. The van der Waals surface area contributed by atoms with Crippen molar-refractivity contribution in [3.05, 3.63) is 65.5 Å². The molecule has 8 nitrogen and oxygen atoms in total. The smallest absolute Gasteiger partial charge is 0.248 e. The monoisotopic (exact) mass is 418 g/mol. The predicted octanol–water partition coefficient (Wildman–Crippen LogP) is 4.13. The summed E-state index contributed by atoms with van der Waals surface area (Å²) < 4.78 is 6.04. The summed E-state index contributed by atoms with van der Waals surface area (Å²) in [5, 5.41) is 20.1. The third kappa shape index (κ3) is 5.28. The minimum atomic E-state index is -0.393. The number of rotatable bonds is 8. The lowest BCUT2D eigenvalue weighted by atomic mass is 10.1. The number of carbonyl (C=O) groups is 1. The molecule has 3 aromatic rings. The topological polar surface area (TPSA) is 105 Å². The molecular formula is C23H26N6O2. The number of para-hydroxylation sites is 1. The zero-order chi connectivity index (χ0) is 21.5. The highest BCUT2D eigenvalue weighted by Crippen LogP contribution is 2.39. The van der Waals surface area contributed by atoms with Crippen LogP contribution in [0.5, 0.6) is 5.75 Å². The van der Waals surface area contributed by atoms with E-state index in [4.69, 9.17) is 4.74 Å². The molecule has 0 bridgehead atoms. The van der Waals surface area contributed by atoms with Crippen molar-refractivity contribution in [2.75, 3.05) is 17.2 Å². The lowest BCUT2D eigenvalue weighted by Crippen LogP contribution is -2.25. The normalized spacial score (nSPS) is 15.2. The maximum atomic E-state index is 12.5. The summed E-state index contributed by atoms with van der Waals surface area (Å²) in [6.45, 7) is 2.72. The van der Waals surface area contributed by atoms with E-state index in [9.17, 15) is 4.79 Å². The number of hydrogen-bond acceptors (Lipinski definition) is 6. The van der Waals surface area contributed by atoms with Crippen LogP contribution < -0.4 is 15.4 Å². The molecule has 31 heavy (non-hydrogen) atoms. The van der Waals surface area contributed by atoms with Gasteiger partial charge >= 0.3 is 0 Å². The van der Waals surface area contributed by atoms with Gasteiger partial charge in [-0.3, -0.25) is 4.79 Å². The van der Waals surface area contributed by atoms with Gasteiger partial charge in [0.05, 0.1) is 17.9 Å². The van der Waals surface area contributed by atoms with Crippen LogP contribution in [0.15, 0.2) is 48.5 Å². The van der Waals surface area contributed by atoms with Gasteiger partial charge in [0.1, 0.15) is 0 Å². The molecule has 0 radical (unpaired) electrons. The van der Waals surface area contributed by atoms with Gasteiger partial charge in [-0.1, -0.05) is 55.3 Å². The van der Waals surface area contributed by atoms with Gasteiger partial charge < -0.3 is 15.4 Å². The van der Waals surface area contributed by atoms with Crippen LogP contribution >= 0.6 is 0 Å². The lowest BCUT2D eigenvalue weighted by Gasteiger charge is -2.27. The maximum Gasteiger partial charge on any atom is 0.248 e. The molecule has 1 atom stereocenters. The number of nitrogens with zero attached hydrogens (tertiary/aromatic N) is 3. The number of fused-ring (bicyclic) bond motifs is 1. The summed E-state index contributed by atoms with van der Waals surface area (Å²) in [6.07, 6.45) is 7.71. The zero-order valence-electron chi connectivity index (χ0n) is 17.5. The van der Waals surface area contributed by atoms with E-state index in [1.807, 2.05) is 30.3 Å². The Bertz CT molecular complexity index is 1030. The molecule has 1 unspecified atom stereocenters. The van der Waals surface area contributed by atoms with Crippen molar-refractivity contribution in [1.82, 2.24) is 20.6 Å². The molecule has 160 valence electrons. The Labute approximate surface area is 181 Å². The Kier molecular flexibility index (Phi) is 6.56. The predicted molar refractivity (Wildman–Crippen MR) is 120 cm³/mol. The van der Waals surface area contributed by atoms with Gasteiger partial charge in [0.15, 0.2) is 11.9 Å². The third-order valence-corrected chi connectivity index (χ3v) is 5.14. The van der Waals surface area contributed by atoms with Crippen molar-refractivity contribution in [2.24, 2.45) is 0 Å². The number of nitrogens with one attached hydrogen (secondary N) is 3. The number of anilines is 2. The van der Waals surface area contributed by atoms with Gasteiger partial charge in [-0.2, -0.15) is 5.21 Å². The third-order valence-electron chi connectivity index (χ3n) is 5.14. The Morgan fingerprint density at radius 2 is 2.10 bits per heavy atom. The van der Waals surface area contributed by atoms with Crippen molar-refractivity contribution >= 4 is 23.4 Å². The summed E-state index contributed by atoms with van der Waals surface area (Å²) >= 11 is 0. The van der Waals surface area contributed by atoms with E-state index in [1.165, 1.54) is 30.9 Å². The zero-order valence-corrected chi connectivity index (χ0v) is 17.5. The Morgan fingerprint density at radius 1 is 1.23 bits per heavy atom. The molecule has 0 aliphatic carbocycles. The molecule has 0 spiro atoms. The minimum absolute atomic E-state index is 0.231. The number of amides is 1. The SMILES string of the molecule is CCCCCc1ccc(C=CC(=O)Nc2cccc3c2OC(c2nn[nH]n2)CN3)cc1. The number of H-pyrrole nitrogens is 1. The van der Waals surface area contributed by atoms with Crippen LogP contribution in [0, 0.1) is 0 Å². The molecule has 0 fully saturated rings. The number of hydrogen-bond donors (Lipinski definition) is 3. The summed E-state index contributed by atoms with van der Waals surface area (Å²) in [5.41, 5.74) is 3.70. The van der Waals surface area contributed by atoms with Crippen LogP contribution in [0.25, 0.3) is 6.08 Å². The average Bonchev–Trinajstić information content (AvgIpc) is 3.34. The van der Waals surface area contributed by atoms with Crippen LogP contribution in [0.1, 0.15) is 49.2 Å². The lowest BCUT2D eigenvalue weighted by molar-refractivity contribution is -0.111. The van der Waals surface area contributed by atoms with Crippen LogP contribution in [0.3, 0.4) is 0 Å². The second-order valence-electron chi connectivity index (χ2n) is 7.46. The van der Waals surface area contributed by atoms with E-state index in [0.717, 1.165) is 17.7 Å². The van der Waals surface area contributed by atoms with E-state index >= 15 is 0 Å². The van der Waals surface area contributed by atoms with Crippen LogP contribution in [-0.2, 0) is 11.2 Å². The summed E-state index contributed by atoms with van der Waals surface area (Å²) in [7, 11) is 0. The molecule has 0 saturated carbocycles. The molecule has 2 heterocycles. The molecule has 3 N–H and O–H groups in total. The quantitative estimate of drug-likeness (QED) is 0.375. The second kappa shape index (κ2) is 9.88. The highest BCUT2D eigenvalue weighted by molar-refractivity contribution is 6.03. The van der Waals surface area contributed by atoms with E-state index in [2.05, 4.69) is 50.3 Å². The number of aromatic amines is 1. The molecule has 4 rings (SSSR count). The van der Waals surface area contributed by atoms with Crippen molar-refractivity contribution in [3.8, 4) is 5.75 Å². The van der Waals surface area contributed by atoms with E-state index in [1.54, 1.807) is 6.07 Å². The van der Waals surface area contributed by atoms with Gasteiger partial charge in [-0.15, -0.1) is 10.2 Å². The first-order valence-electron chi connectivity index (χ1n) is 10.6. The van der Waals surface area contributed by atoms with Crippen LogP contribution in [-0.4, -0.2) is 33.1 Å². The molecule has 1 amide bonds. The fraction of sp³-hybridized carbons (Fsp3) is 0.304. The van der Waals surface area contributed by atoms with Crippen molar-refractivity contribution < 1.29 is 9.53 Å². The second-order valence-corrected chi connectivity index (χ2v) is 7.46. The number of tetrazole rings is 1. The van der Waals surface area contributed by atoms with Crippen molar-refractivity contribution in [1.29, 1.82) is 0 Å². The highest BCUT2D eigenvalue weighted by Gasteiger charge is 2.26. The van der Waals surface area contributed by atoms with Gasteiger partial charge in [-0.05, 0) is 42.2 Å². The first-order chi connectivity index (χ1) is 15.2. The van der Waals surface area contributed by atoms with Crippen molar-refractivity contribution in [3.63, 3.8) is 0 Å². The number of aryl methyl sites for hydroxylation is 1. The number of benzene rings is 2. The molecule has 8 heteroatoms. The summed E-state index contributed by atoms with van der Waals surface area (Å²) in [6, 6.07) is 13.9.